The van der Waals surface area contributed by atoms with Crippen LogP contribution in [-0.4, -0.2) is 18.2 Å². The molecule has 0 atom stereocenters. The highest BCUT2D eigenvalue weighted by atomic mass is 35.5. The minimum Gasteiger partial charge on any atom is -0.239 e. The van der Waals surface area contributed by atoms with Gasteiger partial charge in [-0.05, 0) is 41.3 Å². The molecular formula is C20H16ClN3O2S2. The van der Waals surface area contributed by atoms with Crippen LogP contribution >= 0.6 is 22.9 Å². The van der Waals surface area contributed by atoms with Crippen molar-refractivity contribution in [1.82, 2.24) is 14.5 Å². The molecule has 2 aromatic heterocycles. The zero-order chi connectivity index (χ0) is 19.6. The van der Waals surface area contributed by atoms with Gasteiger partial charge >= 0.3 is 0 Å². The number of sulfonamides is 1. The lowest BCUT2D eigenvalue weighted by atomic mass is 10.2. The largest absolute Gasteiger partial charge is 0.244 e. The molecule has 0 aliphatic rings. The average molecular weight is 430 g/mol. The summed E-state index contributed by atoms with van der Waals surface area (Å²) in [5.74, 6) is 0. The van der Waals surface area contributed by atoms with E-state index in [1.165, 1.54) is 11.3 Å². The van der Waals surface area contributed by atoms with Gasteiger partial charge in [-0.3, -0.25) is 0 Å². The van der Waals surface area contributed by atoms with Gasteiger partial charge in [-0.15, -0.1) is 11.3 Å². The van der Waals surface area contributed by atoms with Gasteiger partial charge in [-0.25, -0.2) is 17.8 Å². The highest BCUT2D eigenvalue weighted by Gasteiger charge is 2.24. The second-order valence-electron chi connectivity index (χ2n) is 6.05. The molecule has 5 nitrogen and oxygen atoms in total. The molecule has 28 heavy (non-hydrogen) atoms. The molecular weight excluding hydrogens is 414 g/mol. The van der Waals surface area contributed by atoms with E-state index in [2.05, 4.69) is 9.82 Å². The molecule has 0 unspecified atom stereocenters. The second kappa shape index (κ2) is 7.89. The van der Waals surface area contributed by atoms with Gasteiger partial charge in [0.2, 0.25) is 10.0 Å². The topological polar surface area (TPSA) is 64.0 Å². The minimum atomic E-state index is -3.77. The number of aromatic nitrogens is 2. The zero-order valence-corrected chi connectivity index (χ0v) is 17.0. The second-order valence-corrected chi connectivity index (χ2v) is 9.17. The molecule has 0 radical (unpaired) electrons. The van der Waals surface area contributed by atoms with Crippen molar-refractivity contribution < 1.29 is 8.42 Å². The average Bonchev–Trinajstić information content (AvgIpc) is 3.38. The van der Waals surface area contributed by atoms with E-state index in [0.717, 1.165) is 16.1 Å². The van der Waals surface area contributed by atoms with Gasteiger partial charge in [0.25, 0.3) is 0 Å². The first-order chi connectivity index (χ1) is 13.5. The van der Waals surface area contributed by atoms with Crippen molar-refractivity contribution in [2.75, 3.05) is 0 Å². The van der Waals surface area contributed by atoms with Crippen molar-refractivity contribution in [3.8, 4) is 16.3 Å². The van der Waals surface area contributed by atoms with Crippen LogP contribution in [0.5, 0.6) is 0 Å². The summed E-state index contributed by atoms with van der Waals surface area (Å²) >= 11 is 7.34. The molecule has 0 saturated carbocycles. The zero-order valence-electron chi connectivity index (χ0n) is 14.6. The lowest BCUT2D eigenvalue weighted by Crippen LogP contribution is -2.23. The molecule has 1 N–H and O–H groups in total. The standard InChI is InChI=1S/C20H16ClN3O2S2/c21-16-10-8-15(9-11-16)13-22-28(25,26)19-14-24(17-5-2-1-3-6-17)23-20(19)18-7-4-12-27-18/h1-12,14,22H,13H2. The summed E-state index contributed by atoms with van der Waals surface area (Å²) in [5, 5.41) is 7.05. The highest BCUT2D eigenvalue weighted by molar-refractivity contribution is 7.89. The normalized spacial score (nSPS) is 11.6. The minimum absolute atomic E-state index is 0.146. The number of rotatable bonds is 6. The van der Waals surface area contributed by atoms with Crippen LogP contribution in [0, 0.1) is 0 Å². The molecule has 0 spiro atoms. The first kappa shape index (κ1) is 18.9. The van der Waals surface area contributed by atoms with Crippen LogP contribution in [0.3, 0.4) is 0 Å². The van der Waals surface area contributed by atoms with Crippen LogP contribution in [0.15, 0.2) is 83.2 Å². The Hall–Kier alpha value is -2.45. The lowest BCUT2D eigenvalue weighted by Gasteiger charge is -2.06. The number of hydrogen-bond donors (Lipinski definition) is 1. The van der Waals surface area contributed by atoms with Gasteiger partial charge in [0.05, 0.1) is 16.8 Å². The van der Waals surface area contributed by atoms with Crippen LogP contribution in [0.4, 0.5) is 0 Å². The van der Waals surface area contributed by atoms with Crippen molar-refractivity contribution in [3.05, 3.63) is 88.9 Å². The summed E-state index contributed by atoms with van der Waals surface area (Å²) < 4.78 is 30.3. The number of halogens is 1. The van der Waals surface area contributed by atoms with E-state index in [0.29, 0.717) is 10.7 Å². The van der Waals surface area contributed by atoms with Gasteiger partial charge in [-0.2, -0.15) is 5.10 Å². The summed E-state index contributed by atoms with van der Waals surface area (Å²) in [6.07, 6.45) is 1.55. The molecule has 0 saturated heterocycles. The molecule has 2 aromatic carbocycles. The monoisotopic (exact) mass is 429 g/mol. The number of nitrogens with one attached hydrogen (secondary N) is 1. The van der Waals surface area contributed by atoms with Crippen LogP contribution in [-0.2, 0) is 16.6 Å². The van der Waals surface area contributed by atoms with E-state index in [4.69, 9.17) is 11.6 Å². The van der Waals surface area contributed by atoms with Crippen molar-refractivity contribution in [2.45, 2.75) is 11.4 Å². The Kier molecular flexibility index (Phi) is 5.32. The van der Waals surface area contributed by atoms with E-state index < -0.39 is 10.0 Å². The maximum Gasteiger partial charge on any atom is 0.244 e. The summed E-state index contributed by atoms with van der Waals surface area (Å²) in [6, 6.07) is 20.2. The summed E-state index contributed by atoms with van der Waals surface area (Å²) in [4.78, 5) is 0.939. The molecule has 0 aliphatic carbocycles. The molecule has 0 aliphatic heterocycles. The molecule has 4 rings (SSSR count). The number of hydrogen-bond acceptors (Lipinski definition) is 4. The molecule has 8 heteroatoms. The molecule has 4 aromatic rings. The van der Waals surface area contributed by atoms with E-state index in [9.17, 15) is 8.42 Å². The number of benzene rings is 2. The highest BCUT2D eigenvalue weighted by Crippen LogP contribution is 2.30. The van der Waals surface area contributed by atoms with Crippen LogP contribution in [0.2, 0.25) is 5.02 Å². The van der Waals surface area contributed by atoms with Crippen molar-refractivity contribution in [1.29, 1.82) is 0 Å². The van der Waals surface area contributed by atoms with E-state index in [1.807, 2.05) is 47.8 Å². The molecule has 0 fully saturated rings. The third-order valence-electron chi connectivity index (χ3n) is 4.13. The maximum atomic E-state index is 13.0. The predicted octanol–water partition coefficient (Wildman–Crippen LogP) is 4.73. The number of thiophene rings is 1. The third kappa shape index (κ3) is 4.02. The van der Waals surface area contributed by atoms with Gasteiger partial charge < -0.3 is 0 Å². The fourth-order valence-corrected chi connectivity index (χ4v) is 4.78. The molecule has 0 amide bonds. The van der Waals surface area contributed by atoms with Crippen molar-refractivity contribution in [2.24, 2.45) is 0 Å². The SMILES string of the molecule is O=S(=O)(NCc1ccc(Cl)cc1)c1cn(-c2ccccc2)nc1-c1cccs1. The Labute approximate surface area is 172 Å². The Balaban J connectivity index is 1.70. The quantitative estimate of drug-likeness (QED) is 0.481. The molecule has 0 bridgehead atoms. The Morgan fingerprint density at radius 3 is 2.43 bits per heavy atom. The first-order valence-corrected chi connectivity index (χ1v) is 11.2. The molecule has 142 valence electrons. The molecule has 2 heterocycles. The fourth-order valence-electron chi connectivity index (χ4n) is 2.71. The first-order valence-electron chi connectivity index (χ1n) is 8.46. The van der Waals surface area contributed by atoms with Crippen LogP contribution in [0.25, 0.3) is 16.3 Å². The Morgan fingerprint density at radius 1 is 1.00 bits per heavy atom. The summed E-state index contributed by atoms with van der Waals surface area (Å²) in [7, 11) is -3.77. The van der Waals surface area contributed by atoms with E-state index >= 15 is 0 Å². The lowest BCUT2D eigenvalue weighted by molar-refractivity contribution is 0.581. The fraction of sp³-hybridized carbons (Fsp3) is 0.0500. The Bertz CT molecular complexity index is 1170. The summed E-state index contributed by atoms with van der Waals surface area (Å²) in [5.41, 5.74) is 2.04. The van der Waals surface area contributed by atoms with E-state index in [1.54, 1.807) is 35.1 Å². The van der Waals surface area contributed by atoms with Crippen molar-refractivity contribution >= 4 is 33.0 Å². The van der Waals surface area contributed by atoms with Crippen LogP contribution in [0.1, 0.15) is 5.56 Å². The van der Waals surface area contributed by atoms with Gasteiger partial charge in [0, 0.05) is 11.6 Å². The van der Waals surface area contributed by atoms with Crippen LogP contribution < -0.4 is 4.72 Å². The van der Waals surface area contributed by atoms with Crippen molar-refractivity contribution in [3.63, 3.8) is 0 Å². The van der Waals surface area contributed by atoms with Gasteiger partial charge in [0.1, 0.15) is 10.6 Å². The number of para-hydroxylation sites is 1. The smallest absolute Gasteiger partial charge is 0.239 e. The van der Waals surface area contributed by atoms with Gasteiger partial charge in [0.15, 0.2) is 0 Å². The van der Waals surface area contributed by atoms with E-state index in [-0.39, 0.29) is 11.4 Å². The Morgan fingerprint density at radius 2 is 1.75 bits per heavy atom. The maximum absolute atomic E-state index is 13.0. The predicted molar refractivity (Wildman–Crippen MR) is 112 cm³/mol. The summed E-state index contributed by atoms with van der Waals surface area (Å²) in [6.45, 7) is 0.167. The number of nitrogens with zero attached hydrogens (tertiary/aromatic N) is 2. The third-order valence-corrected chi connectivity index (χ3v) is 6.66. The van der Waals surface area contributed by atoms with Gasteiger partial charge in [-0.1, -0.05) is 48.0 Å².